The molecule has 0 spiro atoms. The maximum atomic E-state index is 2.30. The van der Waals surface area contributed by atoms with Crippen molar-refractivity contribution in [3.8, 4) is 0 Å². The van der Waals surface area contributed by atoms with Gasteiger partial charge in [-0.2, -0.15) is 0 Å². The number of alkyl halides is 1. The van der Waals surface area contributed by atoms with Crippen LogP contribution in [0.3, 0.4) is 0 Å². The SMILES string of the molecule is CC.CC(C)[I-]c1cccs1. The Kier molecular flexibility index (Phi) is 7.38. The molecule has 66 valence electrons. The van der Waals surface area contributed by atoms with Crippen LogP contribution in [0, 0.1) is 2.88 Å². The third-order valence-electron chi connectivity index (χ3n) is 0.812. The van der Waals surface area contributed by atoms with E-state index in [0.717, 1.165) is 3.92 Å². The number of rotatable bonds is 2. The fourth-order valence-corrected chi connectivity index (χ4v) is 4.75. The summed E-state index contributed by atoms with van der Waals surface area (Å²) >= 11 is 2.22. The average molecular weight is 283 g/mol. The van der Waals surface area contributed by atoms with Crippen LogP contribution in [0.15, 0.2) is 17.5 Å². The predicted molar refractivity (Wildman–Crippen MR) is 49.5 cm³/mol. The van der Waals surface area contributed by atoms with Crippen molar-refractivity contribution in [2.75, 3.05) is 0 Å². The standard InChI is InChI=1S/C7H10IS.C2H6/c1-6(2)8-7-4-3-5-9-7;1-2/h3-6H,1-2H3;1-2H3/q-1;. The molecule has 0 aliphatic rings. The molecule has 1 rings (SSSR count). The van der Waals surface area contributed by atoms with Crippen LogP contribution >= 0.6 is 11.3 Å². The maximum absolute atomic E-state index is 2.30. The Balaban J connectivity index is 0.000000461. The van der Waals surface area contributed by atoms with Crippen molar-refractivity contribution in [1.29, 1.82) is 0 Å². The van der Waals surface area contributed by atoms with E-state index in [4.69, 9.17) is 0 Å². The molecule has 11 heavy (non-hydrogen) atoms. The van der Waals surface area contributed by atoms with E-state index < -0.39 is 0 Å². The van der Waals surface area contributed by atoms with Gasteiger partial charge >= 0.3 is 70.7 Å². The van der Waals surface area contributed by atoms with Gasteiger partial charge in [0.05, 0.1) is 0 Å². The Labute approximate surface area is 84.3 Å². The first-order valence-corrected chi connectivity index (χ1v) is 7.16. The molecular formula is C9H16IS-. The Morgan fingerprint density at radius 2 is 2.00 bits per heavy atom. The van der Waals surface area contributed by atoms with Crippen LogP contribution < -0.4 is 21.2 Å². The number of hydrogen-bond acceptors (Lipinski definition) is 1. The van der Waals surface area contributed by atoms with Gasteiger partial charge in [-0.1, -0.05) is 13.8 Å². The van der Waals surface area contributed by atoms with E-state index in [1.54, 1.807) is 2.88 Å². The zero-order chi connectivity index (χ0) is 8.69. The molecule has 0 nitrogen and oxygen atoms in total. The molecule has 0 saturated carbocycles. The molecule has 1 aromatic heterocycles. The Morgan fingerprint density at radius 3 is 2.36 bits per heavy atom. The van der Waals surface area contributed by atoms with Crippen molar-refractivity contribution in [1.82, 2.24) is 0 Å². The Hall–Kier alpha value is 0.430. The summed E-state index contributed by atoms with van der Waals surface area (Å²) in [6, 6.07) is 4.39. The monoisotopic (exact) mass is 283 g/mol. The fourth-order valence-electron chi connectivity index (χ4n) is 0.536. The van der Waals surface area contributed by atoms with E-state index in [-0.39, 0.29) is 0 Å². The van der Waals surface area contributed by atoms with Gasteiger partial charge in [0.25, 0.3) is 0 Å². The van der Waals surface area contributed by atoms with Crippen LogP contribution in [0.1, 0.15) is 27.7 Å². The fraction of sp³-hybridized carbons (Fsp3) is 0.556. The molecule has 2 heteroatoms. The van der Waals surface area contributed by atoms with E-state index >= 15 is 0 Å². The van der Waals surface area contributed by atoms with E-state index in [2.05, 4.69) is 31.4 Å². The van der Waals surface area contributed by atoms with Gasteiger partial charge in [0.15, 0.2) is 0 Å². The van der Waals surface area contributed by atoms with Gasteiger partial charge in [0, 0.05) is 0 Å². The summed E-state index contributed by atoms with van der Waals surface area (Å²) < 4.78 is 2.52. The molecule has 0 unspecified atom stereocenters. The van der Waals surface area contributed by atoms with Gasteiger partial charge < -0.3 is 0 Å². The molecule has 0 saturated heterocycles. The van der Waals surface area contributed by atoms with Crippen molar-refractivity contribution in [3.05, 3.63) is 20.4 Å². The zero-order valence-corrected chi connectivity index (χ0v) is 10.6. The van der Waals surface area contributed by atoms with Crippen molar-refractivity contribution in [2.24, 2.45) is 0 Å². The summed E-state index contributed by atoms with van der Waals surface area (Å²) in [6.07, 6.45) is 0. The second-order valence-corrected chi connectivity index (χ2v) is 8.00. The second kappa shape index (κ2) is 7.10. The Bertz CT molecular complexity index is 156. The summed E-state index contributed by atoms with van der Waals surface area (Å²) in [4.78, 5) is 0. The molecule has 0 radical (unpaired) electrons. The molecule has 1 heterocycles. The first-order chi connectivity index (χ1) is 5.29. The summed E-state index contributed by atoms with van der Waals surface area (Å²) in [5.41, 5.74) is 0. The summed E-state index contributed by atoms with van der Waals surface area (Å²) in [6.45, 7) is 8.60. The van der Waals surface area contributed by atoms with Gasteiger partial charge in [-0.25, -0.2) is 0 Å². The molecule has 0 aliphatic heterocycles. The Morgan fingerprint density at radius 1 is 1.36 bits per heavy atom. The molecule has 0 N–H and O–H groups in total. The van der Waals surface area contributed by atoms with Gasteiger partial charge in [0.1, 0.15) is 0 Å². The molecule has 0 atom stereocenters. The molecule has 0 amide bonds. The number of halogens is 1. The number of thiophene rings is 1. The van der Waals surface area contributed by atoms with Crippen LogP contribution in [0.4, 0.5) is 0 Å². The first-order valence-electron chi connectivity index (χ1n) is 3.96. The van der Waals surface area contributed by atoms with Crippen molar-refractivity contribution in [2.45, 2.75) is 31.6 Å². The summed E-state index contributed by atoms with van der Waals surface area (Å²) in [5, 5.41) is 2.16. The normalized spacial score (nSPS) is 9.55. The third-order valence-corrected chi connectivity index (χ3v) is 5.05. The van der Waals surface area contributed by atoms with Crippen LogP contribution in [-0.2, 0) is 0 Å². The molecule has 0 aromatic carbocycles. The van der Waals surface area contributed by atoms with Crippen LogP contribution in [-0.4, -0.2) is 3.92 Å². The van der Waals surface area contributed by atoms with Crippen molar-refractivity contribution >= 4 is 11.3 Å². The van der Waals surface area contributed by atoms with Gasteiger partial charge in [-0.3, -0.25) is 0 Å². The topological polar surface area (TPSA) is 0 Å². The van der Waals surface area contributed by atoms with Gasteiger partial charge in [0.2, 0.25) is 0 Å². The van der Waals surface area contributed by atoms with Crippen molar-refractivity contribution in [3.63, 3.8) is 0 Å². The molecule has 0 aliphatic carbocycles. The van der Waals surface area contributed by atoms with Crippen molar-refractivity contribution < 1.29 is 21.2 Å². The third kappa shape index (κ3) is 5.67. The van der Waals surface area contributed by atoms with Crippen LogP contribution in [0.5, 0.6) is 0 Å². The quantitative estimate of drug-likeness (QED) is 0.546. The molecule has 0 fully saturated rings. The molecular weight excluding hydrogens is 267 g/mol. The number of hydrogen-bond donors (Lipinski definition) is 0. The van der Waals surface area contributed by atoms with Gasteiger partial charge in [-0.05, 0) is 0 Å². The van der Waals surface area contributed by atoms with Crippen LogP contribution in [0.2, 0.25) is 0 Å². The minimum atomic E-state index is 0.323. The second-order valence-electron chi connectivity index (χ2n) is 2.04. The zero-order valence-electron chi connectivity index (χ0n) is 7.60. The van der Waals surface area contributed by atoms with E-state index in [1.807, 2.05) is 25.2 Å². The molecule has 1 aromatic rings. The van der Waals surface area contributed by atoms with E-state index in [1.165, 1.54) is 0 Å². The summed E-state index contributed by atoms with van der Waals surface area (Å²) in [5.74, 6) is 0. The average Bonchev–Trinajstić information content (AvgIpc) is 2.43. The minimum absolute atomic E-state index is 0.323. The molecule has 0 bridgehead atoms. The van der Waals surface area contributed by atoms with E-state index in [9.17, 15) is 0 Å². The van der Waals surface area contributed by atoms with E-state index in [0.29, 0.717) is 21.2 Å². The predicted octanol–water partition coefficient (Wildman–Crippen LogP) is 0.441. The van der Waals surface area contributed by atoms with Gasteiger partial charge in [-0.15, -0.1) is 0 Å². The van der Waals surface area contributed by atoms with Crippen LogP contribution in [0.25, 0.3) is 0 Å². The first kappa shape index (κ1) is 11.4. The summed E-state index contributed by atoms with van der Waals surface area (Å²) in [7, 11) is 0.